The van der Waals surface area contributed by atoms with Crippen molar-refractivity contribution in [3.8, 4) is 16.2 Å². The average molecular weight is 681 g/mol. The minimum Gasteiger partial charge on any atom is -0.480 e. The van der Waals surface area contributed by atoms with Crippen molar-refractivity contribution in [2.75, 3.05) is 25.0 Å². The predicted molar refractivity (Wildman–Crippen MR) is 152 cm³/mol. The number of thiophene rings is 1. The van der Waals surface area contributed by atoms with Crippen molar-refractivity contribution >= 4 is 39.0 Å². The van der Waals surface area contributed by atoms with E-state index in [1.165, 1.54) is 0 Å². The van der Waals surface area contributed by atoms with E-state index in [0.717, 1.165) is 15.6 Å². The molecule has 4 rings (SSSR count). The van der Waals surface area contributed by atoms with Crippen LogP contribution in [0.1, 0.15) is 44.8 Å². The lowest BCUT2D eigenvalue weighted by atomic mass is 10.0. The number of sulfonamides is 1. The normalized spacial score (nSPS) is 15.2. The van der Waals surface area contributed by atoms with Gasteiger partial charge in [-0.25, -0.2) is 22.3 Å². The smallest absolute Gasteiger partial charge is 0.416 e. The molecule has 0 radical (unpaired) electrons. The Balaban J connectivity index is 1.45. The minimum atomic E-state index is -5.10. The summed E-state index contributed by atoms with van der Waals surface area (Å²) in [6.45, 7) is 0.832. The van der Waals surface area contributed by atoms with Crippen LogP contribution in [-0.2, 0) is 32.9 Å². The number of aliphatic carboxylic acids is 1. The number of benzene rings is 2. The van der Waals surface area contributed by atoms with Gasteiger partial charge < -0.3 is 20.3 Å². The van der Waals surface area contributed by atoms with E-state index < -0.39 is 63.4 Å². The van der Waals surface area contributed by atoms with Crippen molar-refractivity contribution in [1.82, 2.24) is 4.31 Å². The molecule has 45 heavy (non-hydrogen) atoms. The van der Waals surface area contributed by atoms with Crippen molar-refractivity contribution in [3.05, 3.63) is 69.6 Å². The Bertz CT molecular complexity index is 1660. The van der Waals surface area contributed by atoms with Crippen molar-refractivity contribution in [3.63, 3.8) is 0 Å². The first kappa shape index (κ1) is 34.1. The third-order valence-corrected chi connectivity index (χ3v) is 10.1. The zero-order chi connectivity index (χ0) is 33.3. The van der Waals surface area contributed by atoms with Crippen LogP contribution in [0.15, 0.2) is 42.5 Å². The molecule has 9 nitrogen and oxygen atoms in total. The Kier molecular flexibility index (Phi) is 9.75. The van der Waals surface area contributed by atoms with Gasteiger partial charge in [0.2, 0.25) is 10.0 Å². The maximum Gasteiger partial charge on any atom is 0.416 e. The van der Waals surface area contributed by atoms with Gasteiger partial charge in [-0.3, -0.25) is 0 Å². The van der Waals surface area contributed by atoms with E-state index in [2.05, 4.69) is 5.32 Å². The van der Waals surface area contributed by atoms with Crippen LogP contribution in [0.3, 0.4) is 0 Å². The molecule has 244 valence electrons. The van der Waals surface area contributed by atoms with E-state index in [0.29, 0.717) is 33.8 Å². The van der Waals surface area contributed by atoms with Gasteiger partial charge in [0, 0.05) is 35.3 Å². The Morgan fingerprint density at radius 1 is 1.00 bits per heavy atom. The monoisotopic (exact) mass is 680 g/mol. The number of piperidine rings is 1. The van der Waals surface area contributed by atoms with E-state index in [1.807, 2.05) is 0 Å². The second kappa shape index (κ2) is 12.9. The number of carbonyl (C=O) groups is 2. The summed E-state index contributed by atoms with van der Waals surface area (Å²) in [4.78, 5) is 23.1. The Morgan fingerprint density at radius 3 is 2.13 bits per heavy atom. The fraction of sp³-hybridized carbons (Fsp3) is 0.357. The van der Waals surface area contributed by atoms with Crippen LogP contribution in [0.2, 0.25) is 0 Å². The zero-order valence-corrected chi connectivity index (χ0v) is 25.0. The molecular weight excluding hydrogens is 654 g/mol. The number of nitrogens with zero attached hydrogens (tertiary/aromatic N) is 1. The number of nitrogens with one attached hydrogen (secondary N) is 1. The van der Waals surface area contributed by atoms with E-state index in [9.17, 15) is 49.5 Å². The van der Waals surface area contributed by atoms with Gasteiger partial charge in [0.25, 0.3) is 0 Å². The van der Waals surface area contributed by atoms with Gasteiger partial charge in [-0.05, 0) is 61.2 Å². The van der Waals surface area contributed by atoms with Gasteiger partial charge in [0.05, 0.1) is 16.9 Å². The van der Waals surface area contributed by atoms with E-state index >= 15 is 0 Å². The van der Waals surface area contributed by atoms with Crippen LogP contribution in [0.25, 0.3) is 10.4 Å². The molecular formula is C28H26F6N2O7S2. The number of hydrogen-bond donors (Lipinski definition) is 3. The standard InChI is InChI=1S/C28H26F6N2O7S2/c1-15-23(43-13-22(37)38)25(26(39)40)44-24(15)17-3-2-4-21(11-17)35-20-5-7-36(8-6-20)45(41,42)14-16-9-18(27(29,30)31)12-19(10-16)28(32,33)34/h2-4,9-12,20,35H,5-8,13-14H2,1H3,(H,37,38)(H,39,40). The van der Waals surface area contributed by atoms with Gasteiger partial charge in [0.1, 0.15) is 5.75 Å². The number of carboxylic acids is 2. The fourth-order valence-corrected chi connectivity index (χ4v) is 7.52. The first-order valence-electron chi connectivity index (χ1n) is 13.2. The summed E-state index contributed by atoms with van der Waals surface area (Å²) in [6.07, 6.45) is -9.63. The molecule has 3 N–H and O–H groups in total. The minimum absolute atomic E-state index is 0.0267. The van der Waals surface area contributed by atoms with E-state index in [1.54, 1.807) is 31.2 Å². The maximum absolute atomic E-state index is 13.2. The SMILES string of the molecule is Cc1c(-c2cccc(NC3CCN(S(=O)(=O)Cc4cc(C(F)(F)F)cc(C(F)(F)F)c4)CC3)c2)sc(C(=O)O)c1OCC(=O)O. The molecule has 3 aromatic rings. The molecule has 0 aliphatic carbocycles. The van der Waals surface area contributed by atoms with Crippen molar-refractivity contribution in [2.45, 2.75) is 43.9 Å². The molecule has 1 aliphatic rings. The number of carboxylic acid groups (broad SMARTS) is 2. The first-order valence-corrected chi connectivity index (χ1v) is 15.6. The second-order valence-electron chi connectivity index (χ2n) is 10.3. The lowest BCUT2D eigenvalue weighted by Gasteiger charge is -2.32. The average Bonchev–Trinajstić information content (AvgIpc) is 3.27. The summed E-state index contributed by atoms with van der Waals surface area (Å²) in [5.41, 5.74) is -2.12. The van der Waals surface area contributed by atoms with Gasteiger partial charge in [0.15, 0.2) is 11.5 Å². The molecule has 0 spiro atoms. The quantitative estimate of drug-likeness (QED) is 0.212. The van der Waals surface area contributed by atoms with Gasteiger partial charge in [-0.15, -0.1) is 11.3 Å². The molecule has 1 fully saturated rings. The lowest BCUT2D eigenvalue weighted by Crippen LogP contribution is -2.42. The van der Waals surface area contributed by atoms with E-state index in [4.69, 9.17) is 9.84 Å². The molecule has 1 aromatic heterocycles. The summed E-state index contributed by atoms with van der Waals surface area (Å²) < 4.78 is 112. The zero-order valence-electron chi connectivity index (χ0n) is 23.3. The molecule has 0 atom stereocenters. The highest BCUT2D eigenvalue weighted by molar-refractivity contribution is 7.88. The number of ether oxygens (including phenoxy) is 1. The predicted octanol–water partition coefficient (Wildman–Crippen LogP) is 6.33. The third-order valence-electron chi connectivity index (χ3n) is 6.97. The highest BCUT2D eigenvalue weighted by Gasteiger charge is 2.38. The number of rotatable bonds is 10. The van der Waals surface area contributed by atoms with Crippen LogP contribution in [0, 0.1) is 6.92 Å². The maximum atomic E-state index is 13.2. The second-order valence-corrected chi connectivity index (χ2v) is 13.3. The lowest BCUT2D eigenvalue weighted by molar-refractivity contribution is -0.143. The number of anilines is 1. The molecule has 1 saturated heterocycles. The Morgan fingerprint density at radius 2 is 1.60 bits per heavy atom. The van der Waals surface area contributed by atoms with E-state index in [-0.39, 0.29) is 48.7 Å². The summed E-state index contributed by atoms with van der Waals surface area (Å²) in [6, 6.07) is 7.43. The topological polar surface area (TPSA) is 133 Å². The van der Waals surface area contributed by atoms with Crippen LogP contribution in [0.4, 0.5) is 32.0 Å². The molecule has 2 heterocycles. The van der Waals surface area contributed by atoms with Crippen molar-refractivity contribution < 1.29 is 59.3 Å². The number of alkyl halides is 6. The van der Waals surface area contributed by atoms with Gasteiger partial charge in [-0.2, -0.15) is 26.3 Å². The Hall–Kier alpha value is -3.83. The van der Waals surface area contributed by atoms with Crippen molar-refractivity contribution in [2.24, 2.45) is 0 Å². The highest BCUT2D eigenvalue weighted by atomic mass is 32.2. The summed E-state index contributed by atoms with van der Waals surface area (Å²) in [5, 5.41) is 21.8. The van der Waals surface area contributed by atoms with Gasteiger partial charge >= 0.3 is 24.3 Å². The third kappa shape index (κ3) is 8.26. The molecule has 0 bridgehead atoms. The summed E-state index contributed by atoms with van der Waals surface area (Å²) in [5.74, 6) is -3.62. The highest BCUT2D eigenvalue weighted by Crippen LogP contribution is 2.42. The van der Waals surface area contributed by atoms with Crippen LogP contribution in [0.5, 0.6) is 5.75 Å². The van der Waals surface area contributed by atoms with Gasteiger partial charge in [-0.1, -0.05) is 12.1 Å². The first-order chi connectivity index (χ1) is 20.8. The number of aromatic carboxylic acids is 1. The van der Waals surface area contributed by atoms with Crippen LogP contribution >= 0.6 is 11.3 Å². The molecule has 2 aromatic carbocycles. The number of hydrogen-bond acceptors (Lipinski definition) is 7. The largest absolute Gasteiger partial charge is 0.480 e. The molecule has 0 saturated carbocycles. The summed E-state index contributed by atoms with van der Waals surface area (Å²) in [7, 11) is -4.25. The fourth-order valence-electron chi connectivity index (χ4n) is 4.89. The molecule has 0 unspecified atom stereocenters. The molecule has 17 heteroatoms. The summed E-state index contributed by atoms with van der Waals surface area (Å²) >= 11 is 0.918. The molecule has 0 amide bonds. The van der Waals surface area contributed by atoms with Crippen molar-refractivity contribution in [1.29, 1.82) is 0 Å². The number of halogens is 6. The molecule has 1 aliphatic heterocycles. The van der Waals surface area contributed by atoms with Crippen LogP contribution < -0.4 is 10.1 Å². The van der Waals surface area contributed by atoms with Crippen LogP contribution in [-0.4, -0.2) is 60.6 Å². The Labute approximate surface area is 257 Å².